The summed E-state index contributed by atoms with van der Waals surface area (Å²) >= 11 is 0. The van der Waals surface area contributed by atoms with E-state index in [2.05, 4.69) is 4.74 Å². The average Bonchev–Trinajstić information content (AvgIpc) is 2.93. The zero-order valence-corrected chi connectivity index (χ0v) is 10.5. The third-order valence-corrected chi connectivity index (χ3v) is 2.52. The number of ether oxygens (including phenoxy) is 2. The van der Waals surface area contributed by atoms with Crippen molar-refractivity contribution in [1.82, 2.24) is 9.98 Å². The third-order valence-electron chi connectivity index (χ3n) is 2.52. The van der Waals surface area contributed by atoms with Crippen LogP contribution in [0.4, 0.5) is 4.79 Å². The monoisotopic (exact) mass is 277 g/mol. The number of hydrogen-bond acceptors (Lipinski definition) is 7. The Morgan fingerprint density at radius 3 is 2.79 bits per heavy atom. The van der Waals surface area contributed by atoms with Gasteiger partial charge in [0.05, 0.1) is 11.6 Å². The zero-order chi connectivity index (χ0) is 14.0. The van der Waals surface area contributed by atoms with Crippen LogP contribution in [-0.2, 0) is 14.3 Å². The SMILES string of the molecule is CCOC(=O)OC(C)On1on1N1CC[C@H]1C(=O)O. The van der Waals surface area contributed by atoms with E-state index in [1.54, 1.807) is 6.92 Å². The second-order valence-electron chi connectivity index (χ2n) is 3.85. The lowest BCUT2D eigenvalue weighted by Gasteiger charge is -2.33. The number of aliphatic carboxylic acids is 1. The zero-order valence-electron chi connectivity index (χ0n) is 10.5. The molecular weight excluding hydrogens is 262 g/mol. The van der Waals surface area contributed by atoms with Gasteiger partial charge in [0.2, 0.25) is 0 Å². The summed E-state index contributed by atoms with van der Waals surface area (Å²) in [4.78, 5) is 28.0. The quantitative estimate of drug-likeness (QED) is 0.554. The summed E-state index contributed by atoms with van der Waals surface area (Å²) in [6, 6.07) is -0.630. The van der Waals surface area contributed by atoms with Gasteiger partial charge in [-0.25, -0.2) is 14.6 Å². The number of carbonyl (C=O) groups is 2. The molecule has 1 fully saturated rings. The molecule has 1 saturated heterocycles. The predicted molar refractivity (Wildman–Crippen MR) is 58.0 cm³/mol. The molecule has 1 N–H and O–H groups in total. The van der Waals surface area contributed by atoms with E-state index >= 15 is 0 Å². The minimum absolute atomic E-state index is 0.200. The van der Waals surface area contributed by atoms with Gasteiger partial charge in [0, 0.05) is 13.5 Å². The Hall–Kier alpha value is -2.26. The van der Waals surface area contributed by atoms with Crippen molar-refractivity contribution in [1.29, 1.82) is 0 Å². The van der Waals surface area contributed by atoms with Gasteiger partial charge in [-0.15, -0.1) is 0 Å². The highest BCUT2D eigenvalue weighted by Gasteiger charge is 2.40. The summed E-state index contributed by atoms with van der Waals surface area (Å²) in [6.07, 6.45) is -1.23. The largest absolute Gasteiger partial charge is 0.511 e. The number of hydrogen-bond donors (Lipinski definition) is 1. The summed E-state index contributed by atoms with van der Waals surface area (Å²) < 4.78 is 14.2. The molecule has 0 aromatic carbocycles. The topological polar surface area (TPSA) is 108 Å². The molecule has 1 aliphatic heterocycles. The molecule has 0 amide bonds. The maximum Gasteiger partial charge on any atom is 0.511 e. The van der Waals surface area contributed by atoms with Gasteiger partial charge in [-0.2, -0.15) is 4.63 Å². The summed E-state index contributed by atoms with van der Waals surface area (Å²) in [6.45, 7) is 3.87. The van der Waals surface area contributed by atoms with Gasteiger partial charge in [0.15, 0.2) is 0 Å². The van der Waals surface area contributed by atoms with E-state index in [9.17, 15) is 9.59 Å². The maximum absolute atomic E-state index is 11.0. The highest BCUT2D eigenvalue weighted by molar-refractivity contribution is 5.77. The molecule has 19 heavy (non-hydrogen) atoms. The van der Waals surface area contributed by atoms with E-state index < -0.39 is 24.5 Å². The lowest BCUT2D eigenvalue weighted by Crippen LogP contribution is -2.57. The highest BCUT2D eigenvalue weighted by atomic mass is 17.0. The summed E-state index contributed by atoms with van der Waals surface area (Å²) in [5, 5.41) is 11.2. The minimum atomic E-state index is -0.933. The molecule has 1 aromatic heterocycles. The van der Waals surface area contributed by atoms with Gasteiger partial charge in [-0.05, 0) is 13.3 Å². The molecule has 10 heteroatoms. The Kier molecular flexibility index (Phi) is 3.58. The smallest absolute Gasteiger partial charge is 0.480 e. The van der Waals surface area contributed by atoms with E-state index in [-0.39, 0.29) is 6.61 Å². The van der Waals surface area contributed by atoms with Crippen molar-refractivity contribution in [3.8, 4) is 0 Å². The first-order valence-corrected chi connectivity index (χ1v) is 5.80. The Balaban J connectivity index is 1.77. The van der Waals surface area contributed by atoms with Crippen LogP contribution in [-0.4, -0.2) is 52.7 Å². The summed E-state index contributed by atoms with van der Waals surface area (Å²) in [5.74, 6) is -0.933. The Morgan fingerprint density at radius 1 is 1.53 bits per heavy atom. The van der Waals surface area contributed by atoms with Crippen LogP contribution in [0.25, 0.3) is 0 Å². The Bertz CT molecular complexity index is 448. The minimum Gasteiger partial charge on any atom is -0.480 e. The van der Waals surface area contributed by atoms with Gasteiger partial charge in [0.1, 0.15) is 11.1 Å². The fourth-order valence-electron chi connectivity index (χ4n) is 1.51. The average molecular weight is 277 g/mol. The fraction of sp³-hybridized carbons (Fsp3) is 0.778. The first-order chi connectivity index (χ1) is 9.02. The van der Waals surface area contributed by atoms with Crippen LogP contribution in [0.2, 0.25) is 0 Å². The third kappa shape index (κ3) is 2.95. The molecule has 0 radical (unpaired) electrons. The van der Waals surface area contributed by atoms with Gasteiger partial charge >= 0.3 is 12.1 Å². The second-order valence-corrected chi connectivity index (χ2v) is 3.85. The van der Waals surface area contributed by atoms with Crippen LogP contribution in [0.15, 0.2) is 4.63 Å². The normalized spacial score (nSPS) is 19.7. The molecule has 10 nitrogen and oxygen atoms in total. The van der Waals surface area contributed by atoms with Gasteiger partial charge in [-0.3, -0.25) is 0 Å². The molecule has 0 aliphatic carbocycles. The van der Waals surface area contributed by atoms with Crippen molar-refractivity contribution >= 4 is 12.1 Å². The number of carboxylic acids is 1. The summed E-state index contributed by atoms with van der Waals surface area (Å²) in [7, 11) is 0. The van der Waals surface area contributed by atoms with E-state index in [1.807, 2.05) is 0 Å². The molecule has 0 bridgehead atoms. The molecule has 0 saturated carbocycles. The fourth-order valence-corrected chi connectivity index (χ4v) is 1.51. The molecule has 1 unspecified atom stereocenters. The molecular formula is C9H15N3O7. The molecule has 108 valence electrons. The number of rotatable bonds is 6. The number of nitrogens with zero attached hydrogens (tertiary/aromatic N) is 3. The Morgan fingerprint density at radius 2 is 2.26 bits per heavy atom. The predicted octanol–water partition coefficient (Wildman–Crippen LogP) is -0.375. The molecule has 1 aliphatic rings. The van der Waals surface area contributed by atoms with Crippen LogP contribution in [0.5, 0.6) is 0 Å². The van der Waals surface area contributed by atoms with Crippen LogP contribution in [0.3, 0.4) is 0 Å². The van der Waals surface area contributed by atoms with Crippen molar-refractivity contribution in [3.05, 3.63) is 0 Å². The van der Waals surface area contributed by atoms with Gasteiger partial charge < -0.3 is 19.4 Å². The molecule has 0 spiro atoms. The molecule has 1 aromatic rings. The highest BCUT2D eigenvalue weighted by Crippen LogP contribution is 2.17. The van der Waals surface area contributed by atoms with Crippen molar-refractivity contribution in [2.75, 3.05) is 18.2 Å². The first kappa shape index (κ1) is 13.2. The van der Waals surface area contributed by atoms with Crippen LogP contribution in [0, 0.1) is 0 Å². The van der Waals surface area contributed by atoms with E-state index in [0.717, 1.165) is 9.98 Å². The van der Waals surface area contributed by atoms with E-state index in [0.29, 0.717) is 13.0 Å². The number of carboxylic acid groups (broad SMARTS) is 1. The number of carbonyl (C=O) groups excluding carboxylic acids is 1. The lowest BCUT2D eigenvalue weighted by molar-refractivity contribution is -0.141. The molecule has 2 rings (SSSR count). The van der Waals surface area contributed by atoms with Gasteiger partial charge in [0.25, 0.3) is 6.29 Å². The van der Waals surface area contributed by atoms with Crippen LogP contribution in [0.1, 0.15) is 20.3 Å². The Labute approximate surface area is 107 Å². The van der Waals surface area contributed by atoms with E-state index in [1.165, 1.54) is 11.9 Å². The summed E-state index contributed by atoms with van der Waals surface area (Å²) in [5.41, 5.74) is 0. The van der Waals surface area contributed by atoms with E-state index in [4.69, 9.17) is 19.3 Å². The maximum atomic E-state index is 11.0. The second kappa shape index (κ2) is 5.16. The lowest BCUT2D eigenvalue weighted by atomic mass is 10.1. The van der Waals surface area contributed by atoms with Crippen molar-refractivity contribution in [2.45, 2.75) is 32.6 Å². The molecule has 2 heterocycles. The van der Waals surface area contributed by atoms with Crippen LogP contribution >= 0.6 is 0 Å². The molecule has 2 atom stereocenters. The van der Waals surface area contributed by atoms with Crippen molar-refractivity contribution in [2.24, 2.45) is 0 Å². The van der Waals surface area contributed by atoms with Crippen molar-refractivity contribution in [3.63, 3.8) is 0 Å². The first-order valence-electron chi connectivity index (χ1n) is 5.80. The standard InChI is InChI=1S/C9H15N3O7/c1-3-16-9(15)17-6(2)18-12-11(19-12)10-5-4-7(10)8(13)14/h6-7H,3-5H2,1-2H3,(H,13,14)/t6?,7-,11?,12?/m0/s1. The number of aromatic nitrogens is 2. The van der Waals surface area contributed by atoms with Gasteiger partial charge in [-0.1, -0.05) is 0 Å². The van der Waals surface area contributed by atoms with Crippen molar-refractivity contribution < 1.29 is 33.6 Å². The van der Waals surface area contributed by atoms with Crippen LogP contribution < -0.4 is 9.85 Å².